The van der Waals surface area contributed by atoms with Crippen LogP contribution in [0, 0.1) is 0 Å². The van der Waals surface area contributed by atoms with E-state index in [2.05, 4.69) is 10.2 Å². The van der Waals surface area contributed by atoms with Crippen LogP contribution < -0.4 is 5.32 Å². The Bertz CT molecular complexity index is 296. The van der Waals surface area contributed by atoms with E-state index in [1.54, 1.807) is 0 Å². The van der Waals surface area contributed by atoms with Crippen molar-refractivity contribution in [3.8, 4) is 0 Å². The molecular weight excluding hydrogens is 188 g/mol. The molecule has 0 atom stereocenters. The summed E-state index contributed by atoms with van der Waals surface area (Å²) >= 11 is 0. The number of nitrogens with one attached hydrogen (secondary N) is 1. The van der Waals surface area contributed by atoms with Crippen molar-refractivity contribution < 1.29 is 4.79 Å². The number of ketones is 1. The molecule has 0 aliphatic heterocycles. The molecule has 82 valence electrons. The first-order valence-electron chi connectivity index (χ1n) is 5.14. The monoisotopic (exact) mass is 206 g/mol. The Kier molecular flexibility index (Phi) is 5.01. The number of benzene rings is 1. The first-order valence-corrected chi connectivity index (χ1v) is 5.14. The van der Waals surface area contributed by atoms with Gasteiger partial charge < -0.3 is 10.2 Å². The predicted molar refractivity (Wildman–Crippen MR) is 62.2 cm³/mol. The minimum Gasteiger partial charge on any atom is -0.308 e. The van der Waals surface area contributed by atoms with Crippen LogP contribution in [0.15, 0.2) is 30.3 Å². The summed E-state index contributed by atoms with van der Waals surface area (Å²) < 4.78 is 0. The van der Waals surface area contributed by atoms with E-state index < -0.39 is 0 Å². The largest absolute Gasteiger partial charge is 0.308 e. The van der Waals surface area contributed by atoms with Crippen molar-refractivity contribution in [2.75, 3.05) is 33.7 Å². The van der Waals surface area contributed by atoms with Crippen LogP contribution in [-0.4, -0.2) is 44.4 Å². The smallest absolute Gasteiger partial charge is 0.176 e. The lowest BCUT2D eigenvalue weighted by Gasteiger charge is -2.09. The molecule has 15 heavy (non-hydrogen) atoms. The summed E-state index contributed by atoms with van der Waals surface area (Å²) in [6, 6.07) is 9.36. The minimum atomic E-state index is 0.148. The molecule has 3 heteroatoms. The zero-order chi connectivity index (χ0) is 11.1. The maximum absolute atomic E-state index is 11.6. The summed E-state index contributed by atoms with van der Waals surface area (Å²) in [6.45, 7) is 2.20. The third-order valence-corrected chi connectivity index (χ3v) is 2.12. The minimum absolute atomic E-state index is 0.148. The van der Waals surface area contributed by atoms with Crippen LogP contribution in [0.2, 0.25) is 0 Å². The maximum Gasteiger partial charge on any atom is 0.176 e. The van der Waals surface area contributed by atoms with Crippen LogP contribution in [0.5, 0.6) is 0 Å². The molecule has 0 amide bonds. The number of hydrogen-bond acceptors (Lipinski definition) is 3. The van der Waals surface area contributed by atoms with Gasteiger partial charge in [-0.2, -0.15) is 0 Å². The molecule has 1 aromatic rings. The van der Waals surface area contributed by atoms with Crippen LogP contribution in [0.1, 0.15) is 10.4 Å². The molecule has 0 aromatic heterocycles. The number of Topliss-reactive ketones (excluding diaryl/α,β-unsaturated/α-hetero) is 1. The summed E-state index contributed by atoms with van der Waals surface area (Å²) in [5.74, 6) is 0.148. The molecule has 1 aromatic carbocycles. The molecule has 0 bridgehead atoms. The van der Waals surface area contributed by atoms with Gasteiger partial charge in [-0.3, -0.25) is 4.79 Å². The highest BCUT2D eigenvalue weighted by Crippen LogP contribution is 1.98. The van der Waals surface area contributed by atoms with Crippen molar-refractivity contribution in [3.63, 3.8) is 0 Å². The van der Waals surface area contributed by atoms with Crippen molar-refractivity contribution in [2.24, 2.45) is 0 Å². The van der Waals surface area contributed by atoms with E-state index in [-0.39, 0.29) is 5.78 Å². The van der Waals surface area contributed by atoms with Gasteiger partial charge in [-0.1, -0.05) is 30.3 Å². The number of hydrogen-bond donors (Lipinski definition) is 1. The Hall–Kier alpha value is -1.19. The average molecular weight is 206 g/mol. The molecule has 0 fully saturated rings. The van der Waals surface area contributed by atoms with Gasteiger partial charge in [0.05, 0.1) is 6.54 Å². The summed E-state index contributed by atoms with van der Waals surface area (Å²) in [4.78, 5) is 13.7. The Balaban J connectivity index is 2.25. The van der Waals surface area contributed by atoms with Gasteiger partial charge in [-0.25, -0.2) is 0 Å². The highest BCUT2D eigenvalue weighted by atomic mass is 16.1. The Morgan fingerprint density at radius 2 is 1.93 bits per heavy atom. The number of rotatable bonds is 6. The molecule has 0 saturated heterocycles. The van der Waals surface area contributed by atoms with Crippen molar-refractivity contribution in [1.29, 1.82) is 0 Å². The lowest BCUT2D eigenvalue weighted by molar-refractivity contribution is 0.0990. The second-order valence-corrected chi connectivity index (χ2v) is 3.77. The lowest BCUT2D eigenvalue weighted by atomic mass is 10.1. The van der Waals surface area contributed by atoms with E-state index in [9.17, 15) is 4.79 Å². The van der Waals surface area contributed by atoms with Crippen molar-refractivity contribution in [3.05, 3.63) is 35.9 Å². The van der Waals surface area contributed by atoms with Crippen LogP contribution in [0.3, 0.4) is 0 Å². The van der Waals surface area contributed by atoms with Crippen molar-refractivity contribution >= 4 is 5.78 Å². The predicted octanol–water partition coefficient (Wildman–Crippen LogP) is 1.02. The standard InChI is InChI=1S/C12H18N2O/c1-14(2)9-8-13-10-12(15)11-6-4-3-5-7-11/h3-7,13H,8-10H2,1-2H3. The van der Waals surface area contributed by atoms with E-state index in [0.29, 0.717) is 6.54 Å². The molecule has 3 nitrogen and oxygen atoms in total. The zero-order valence-electron chi connectivity index (χ0n) is 9.36. The first-order chi connectivity index (χ1) is 7.20. The van der Waals surface area contributed by atoms with Gasteiger partial charge in [0.25, 0.3) is 0 Å². The second-order valence-electron chi connectivity index (χ2n) is 3.77. The summed E-state index contributed by atoms with van der Waals surface area (Å²) in [5.41, 5.74) is 0.773. The summed E-state index contributed by atoms with van der Waals surface area (Å²) in [6.07, 6.45) is 0. The highest BCUT2D eigenvalue weighted by Gasteiger charge is 2.03. The van der Waals surface area contributed by atoms with Gasteiger partial charge in [-0.15, -0.1) is 0 Å². The highest BCUT2D eigenvalue weighted by molar-refractivity contribution is 5.97. The fourth-order valence-corrected chi connectivity index (χ4v) is 1.23. The molecule has 1 N–H and O–H groups in total. The van der Waals surface area contributed by atoms with E-state index in [4.69, 9.17) is 0 Å². The topological polar surface area (TPSA) is 32.3 Å². The Morgan fingerprint density at radius 1 is 1.27 bits per heavy atom. The SMILES string of the molecule is CN(C)CCNCC(=O)c1ccccc1. The fraction of sp³-hybridized carbons (Fsp3) is 0.417. The quantitative estimate of drug-likeness (QED) is 0.557. The van der Waals surface area contributed by atoms with Gasteiger partial charge in [0.15, 0.2) is 5.78 Å². The van der Waals surface area contributed by atoms with Crippen LogP contribution in [-0.2, 0) is 0 Å². The molecule has 0 radical (unpaired) electrons. The normalized spacial score (nSPS) is 10.6. The molecule has 1 rings (SSSR count). The van der Waals surface area contributed by atoms with E-state index in [0.717, 1.165) is 18.7 Å². The van der Waals surface area contributed by atoms with Crippen LogP contribution >= 0.6 is 0 Å². The number of likely N-dealkylation sites (N-methyl/N-ethyl adjacent to an activating group) is 1. The van der Waals surface area contributed by atoms with Crippen molar-refractivity contribution in [2.45, 2.75) is 0 Å². The maximum atomic E-state index is 11.6. The lowest BCUT2D eigenvalue weighted by Crippen LogP contribution is -2.30. The summed E-state index contributed by atoms with van der Waals surface area (Å²) in [7, 11) is 4.03. The molecule has 0 unspecified atom stereocenters. The fourth-order valence-electron chi connectivity index (χ4n) is 1.23. The molecule has 0 heterocycles. The van der Waals surface area contributed by atoms with Gasteiger partial charge in [-0.05, 0) is 14.1 Å². The number of carbonyl (C=O) groups is 1. The average Bonchev–Trinajstić information content (AvgIpc) is 2.25. The van der Waals surface area contributed by atoms with Gasteiger partial charge >= 0.3 is 0 Å². The molecule has 0 aliphatic carbocycles. The Labute approximate surface area is 91.1 Å². The van der Waals surface area contributed by atoms with Crippen LogP contribution in [0.4, 0.5) is 0 Å². The van der Waals surface area contributed by atoms with E-state index >= 15 is 0 Å². The van der Waals surface area contributed by atoms with Crippen molar-refractivity contribution in [1.82, 2.24) is 10.2 Å². The molecular formula is C12H18N2O. The van der Waals surface area contributed by atoms with Gasteiger partial charge in [0.2, 0.25) is 0 Å². The first kappa shape index (κ1) is 11.9. The molecule has 0 saturated carbocycles. The molecule has 0 aliphatic rings. The van der Waals surface area contributed by atoms with E-state index in [1.165, 1.54) is 0 Å². The third kappa shape index (κ3) is 4.72. The molecule has 0 spiro atoms. The van der Waals surface area contributed by atoms with Gasteiger partial charge in [0.1, 0.15) is 0 Å². The van der Waals surface area contributed by atoms with E-state index in [1.807, 2.05) is 44.4 Å². The zero-order valence-corrected chi connectivity index (χ0v) is 9.36. The Morgan fingerprint density at radius 3 is 2.53 bits per heavy atom. The number of nitrogens with zero attached hydrogens (tertiary/aromatic N) is 1. The van der Waals surface area contributed by atoms with Crippen LogP contribution in [0.25, 0.3) is 0 Å². The van der Waals surface area contributed by atoms with Gasteiger partial charge in [0, 0.05) is 18.7 Å². The number of carbonyl (C=O) groups excluding carboxylic acids is 1. The summed E-state index contributed by atoms with van der Waals surface area (Å²) in [5, 5.41) is 3.12. The second kappa shape index (κ2) is 6.32. The third-order valence-electron chi connectivity index (χ3n) is 2.12.